The second kappa shape index (κ2) is 3.52. The molecule has 1 aliphatic rings. The van der Waals surface area contributed by atoms with E-state index in [0.717, 1.165) is 0 Å². The van der Waals surface area contributed by atoms with Crippen LogP contribution in [0.2, 0.25) is 0 Å². The van der Waals surface area contributed by atoms with Crippen molar-refractivity contribution in [1.29, 1.82) is 0 Å². The highest BCUT2D eigenvalue weighted by Gasteiger charge is 2.26. The van der Waals surface area contributed by atoms with Gasteiger partial charge >= 0.3 is 6.09 Å². The van der Waals surface area contributed by atoms with E-state index in [9.17, 15) is 4.79 Å². The van der Waals surface area contributed by atoms with Gasteiger partial charge in [0.1, 0.15) is 12.6 Å². The highest BCUT2D eigenvalue weighted by molar-refractivity contribution is 7.12. The van der Waals surface area contributed by atoms with Crippen LogP contribution in [0.1, 0.15) is 36.6 Å². The molecule has 1 amide bonds. The topological polar surface area (TPSA) is 38.3 Å². The number of alkyl carbamates (subject to hydrolysis) is 1. The lowest BCUT2D eigenvalue weighted by Crippen LogP contribution is -2.17. The van der Waals surface area contributed by atoms with Gasteiger partial charge in [-0.1, -0.05) is 20.8 Å². The lowest BCUT2D eigenvalue weighted by molar-refractivity contribution is 0.177. The van der Waals surface area contributed by atoms with Crippen LogP contribution in [0.5, 0.6) is 0 Å². The van der Waals surface area contributed by atoms with Gasteiger partial charge in [0.05, 0.1) is 0 Å². The summed E-state index contributed by atoms with van der Waals surface area (Å²) in [6.07, 6.45) is -0.314. The van der Waals surface area contributed by atoms with E-state index in [1.165, 1.54) is 9.75 Å². The van der Waals surface area contributed by atoms with Crippen LogP contribution in [0.25, 0.3) is 0 Å². The highest BCUT2D eigenvalue weighted by Crippen LogP contribution is 2.33. The first kappa shape index (κ1) is 10.5. The smallest absolute Gasteiger partial charge is 0.407 e. The zero-order chi connectivity index (χ0) is 11.1. The third-order valence-corrected chi connectivity index (χ3v) is 4.01. The number of carbonyl (C=O) groups is 1. The van der Waals surface area contributed by atoms with Gasteiger partial charge in [-0.3, -0.25) is 0 Å². The van der Waals surface area contributed by atoms with Crippen molar-refractivity contribution in [2.24, 2.45) is 0 Å². The van der Waals surface area contributed by atoms with E-state index < -0.39 is 0 Å². The number of hydrogen-bond donors (Lipinski definition) is 1. The van der Waals surface area contributed by atoms with Crippen molar-refractivity contribution in [3.05, 3.63) is 21.9 Å². The molecule has 0 spiro atoms. The third kappa shape index (κ3) is 2.15. The number of hydrogen-bond acceptors (Lipinski definition) is 3. The first-order valence-electron chi connectivity index (χ1n) is 5.00. The van der Waals surface area contributed by atoms with Crippen molar-refractivity contribution < 1.29 is 9.53 Å². The summed E-state index contributed by atoms with van der Waals surface area (Å²) in [6.45, 7) is 7.01. The summed E-state index contributed by atoms with van der Waals surface area (Å²) in [5.74, 6) is 0. The number of carbonyl (C=O) groups excluding carboxylic acids is 1. The van der Waals surface area contributed by atoms with Crippen LogP contribution in [0.3, 0.4) is 0 Å². The number of thiophene rings is 1. The van der Waals surface area contributed by atoms with Crippen molar-refractivity contribution in [2.45, 2.75) is 32.2 Å². The maximum absolute atomic E-state index is 10.9. The van der Waals surface area contributed by atoms with Crippen molar-refractivity contribution in [3.8, 4) is 0 Å². The second-order valence-electron chi connectivity index (χ2n) is 4.75. The lowest BCUT2D eigenvalue weighted by Gasteiger charge is -2.15. The van der Waals surface area contributed by atoms with Gasteiger partial charge in [0.25, 0.3) is 0 Å². The molecule has 3 nitrogen and oxygen atoms in total. The lowest BCUT2D eigenvalue weighted by atomic mass is 9.95. The second-order valence-corrected chi connectivity index (χ2v) is 5.86. The average molecular weight is 225 g/mol. The number of cyclic esters (lactones) is 1. The molecule has 0 radical (unpaired) electrons. The first-order valence-corrected chi connectivity index (χ1v) is 5.82. The van der Waals surface area contributed by atoms with Crippen LogP contribution < -0.4 is 5.32 Å². The standard InChI is InChI=1S/C11H15NO2S/c1-11(2,3)9-5-4-8(15-9)7-6-14-10(13)12-7/h4-5,7H,6H2,1-3H3,(H,12,13). The minimum atomic E-state index is -0.314. The maximum Gasteiger partial charge on any atom is 0.407 e. The van der Waals surface area contributed by atoms with Gasteiger partial charge in [-0.15, -0.1) is 11.3 Å². The summed E-state index contributed by atoms with van der Waals surface area (Å²) >= 11 is 1.74. The molecule has 15 heavy (non-hydrogen) atoms. The monoisotopic (exact) mass is 225 g/mol. The van der Waals surface area contributed by atoms with Crippen molar-refractivity contribution in [3.63, 3.8) is 0 Å². The Morgan fingerprint density at radius 1 is 1.47 bits per heavy atom. The Morgan fingerprint density at radius 3 is 2.67 bits per heavy atom. The molecule has 2 heterocycles. The van der Waals surface area contributed by atoms with Gasteiger partial charge in [0.15, 0.2) is 0 Å². The van der Waals surface area contributed by atoms with Crippen LogP contribution in [-0.4, -0.2) is 12.7 Å². The molecule has 1 aromatic rings. The normalized spacial score (nSPS) is 21.3. The molecular weight excluding hydrogens is 210 g/mol. The van der Waals surface area contributed by atoms with Gasteiger partial charge in [-0.05, 0) is 17.5 Å². The Hall–Kier alpha value is -1.03. The number of rotatable bonds is 1. The van der Waals surface area contributed by atoms with Gasteiger partial charge in [-0.2, -0.15) is 0 Å². The Morgan fingerprint density at radius 2 is 2.20 bits per heavy atom. The molecule has 1 unspecified atom stereocenters. The van der Waals surface area contributed by atoms with Crippen molar-refractivity contribution >= 4 is 17.4 Å². The van der Waals surface area contributed by atoms with Gasteiger partial charge in [0.2, 0.25) is 0 Å². The molecule has 0 aliphatic carbocycles. The van der Waals surface area contributed by atoms with E-state index in [1.807, 2.05) is 0 Å². The highest BCUT2D eigenvalue weighted by atomic mass is 32.1. The van der Waals surface area contributed by atoms with Crippen molar-refractivity contribution in [1.82, 2.24) is 5.32 Å². The number of nitrogens with one attached hydrogen (secondary N) is 1. The SMILES string of the molecule is CC(C)(C)c1ccc(C2COC(=O)N2)s1. The molecule has 1 saturated heterocycles. The average Bonchev–Trinajstić information content (AvgIpc) is 2.69. The van der Waals surface area contributed by atoms with E-state index >= 15 is 0 Å². The fourth-order valence-electron chi connectivity index (χ4n) is 1.48. The summed E-state index contributed by atoms with van der Waals surface area (Å²) in [7, 11) is 0. The Bertz CT molecular complexity index is 378. The van der Waals surface area contributed by atoms with Crippen LogP contribution in [0, 0.1) is 0 Å². The summed E-state index contributed by atoms with van der Waals surface area (Å²) in [5, 5.41) is 2.78. The van der Waals surface area contributed by atoms with E-state index in [0.29, 0.717) is 6.61 Å². The Kier molecular flexibility index (Phi) is 2.46. The van der Waals surface area contributed by atoms with Crippen LogP contribution in [0.15, 0.2) is 12.1 Å². The predicted octanol–water partition coefficient (Wildman–Crippen LogP) is 2.83. The van der Waals surface area contributed by atoms with Crippen LogP contribution in [0.4, 0.5) is 4.79 Å². The molecule has 82 valence electrons. The first-order chi connectivity index (χ1) is 6.97. The van der Waals surface area contributed by atoms with Crippen LogP contribution >= 0.6 is 11.3 Å². The molecule has 0 bridgehead atoms. The fourth-order valence-corrected chi connectivity index (χ4v) is 2.58. The fraction of sp³-hybridized carbons (Fsp3) is 0.545. The quantitative estimate of drug-likeness (QED) is 0.798. The molecule has 0 saturated carbocycles. The zero-order valence-corrected chi connectivity index (χ0v) is 9.98. The van der Waals surface area contributed by atoms with Crippen molar-refractivity contribution in [2.75, 3.05) is 6.61 Å². The molecule has 1 N–H and O–H groups in total. The number of ether oxygens (including phenoxy) is 1. The summed E-state index contributed by atoms with van der Waals surface area (Å²) in [6, 6.07) is 4.24. The molecule has 2 rings (SSSR count). The third-order valence-electron chi connectivity index (χ3n) is 2.38. The van der Waals surface area contributed by atoms with Crippen LogP contribution in [-0.2, 0) is 10.2 Å². The summed E-state index contributed by atoms with van der Waals surface area (Å²) in [5.41, 5.74) is 0.173. The molecule has 1 aromatic heterocycles. The van der Waals surface area contributed by atoms with E-state index in [4.69, 9.17) is 4.74 Å². The van der Waals surface area contributed by atoms with E-state index in [1.54, 1.807) is 11.3 Å². The molecule has 0 aromatic carbocycles. The molecule has 4 heteroatoms. The van der Waals surface area contributed by atoms with Gasteiger partial charge in [-0.25, -0.2) is 4.79 Å². The predicted molar refractivity (Wildman–Crippen MR) is 60.2 cm³/mol. The molecule has 1 aliphatic heterocycles. The number of amides is 1. The Balaban J connectivity index is 2.17. The zero-order valence-electron chi connectivity index (χ0n) is 9.16. The summed E-state index contributed by atoms with van der Waals surface area (Å²) < 4.78 is 4.87. The minimum absolute atomic E-state index is 0.0404. The summed E-state index contributed by atoms with van der Waals surface area (Å²) in [4.78, 5) is 13.4. The van der Waals surface area contributed by atoms with Gasteiger partial charge < -0.3 is 10.1 Å². The largest absolute Gasteiger partial charge is 0.447 e. The minimum Gasteiger partial charge on any atom is -0.447 e. The molecule has 1 atom stereocenters. The maximum atomic E-state index is 10.9. The van der Waals surface area contributed by atoms with E-state index in [-0.39, 0.29) is 17.6 Å². The Labute approximate surface area is 93.4 Å². The van der Waals surface area contributed by atoms with E-state index in [2.05, 4.69) is 38.2 Å². The molecule has 1 fully saturated rings. The van der Waals surface area contributed by atoms with Gasteiger partial charge in [0, 0.05) is 9.75 Å². The molecular formula is C11H15NO2S.